The standard InChI is InChI=1S/C18H18N2O2/c1-11-15-16(13-9-5-6-10-14(13)19-11)18(22)20(17(15)21)12-7-3-2-4-8-12/h5-6,9-10,12H,2-4,7-8H2,1H3. The topological polar surface area (TPSA) is 50.3 Å². The summed E-state index contributed by atoms with van der Waals surface area (Å²) in [5.74, 6) is -0.281. The zero-order valence-electron chi connectivity index (χ0n) is 12.6. The molecule has 1 aromatic heterocycles. The average molecular weight is 294 g/mol. The van der Waals surface area contributed by atoms with Crippen molar-refractivity contribution >= 4 is 22.7 Å². The van der Waals surface area contributed by atoms with Crippen LogP contribution in [-0.2, 0) is 0 Å². The number of carbonyl (C=O) groups is 2. The number of hydrogen-bond donors (Lipinski definition) is 0. The fourth-order valence-electron chi connectivity index (χ4n) is 3.82. The van der Waals surface area contributed by atoms with Crippen LogP contribution in [0.1, 0.15) is 58.5 Å². The summed E-state index contributed by atoms with van der Waals surface area (Å²) in [4.78, 5) is 31.8. The average Bonchev–Trinajstić information content (AvgIpc) is 2.80. The first-order valence-electron chi connectivity index (χ1n) is 7.95. The van der Waals surface area contributed by atoms with Gasteiger partial charge in [-0.2, -0.15) is 0 Å². The van der Waals surface area contributed by atoms with Gasteiger partial charge in [0.15, 0.2) is 0 Å². The van der Waals surface area contributed by atoms with Crippen LogP contribution >= 0.6 is 0 Å². The lowest BCUT2D eigenvalue weighted by atomic mass is 9.94. The van der Waals surface area contributed by atoms with Gasteiger partial charge in [0.1, 0.15) is 0 Å². The number of carbonyl (C=O) groups excluding carboxylic acids is 2. The Morgan fingerprint density at radius 1 is 1.00 bits per heavy atom. The second kappa shape index (κ2) is 4.90. The van der Waals surface area contributed by atoms with Gasteiger partial charge < -0.3 is 0 Å². The van der Waals surface area contributed by atoms with Crippen LogP contribution in [-0.4, -0.2) is 27.7 Å². The minimum atomic E-state index is -0.150. The van der Waals surface area contributed by atoms with Gasteiger partial charge in [0.05, 0.1) is 22.3 Å². The summed E-state index contributed by atoms with van der Waals surface area (Å²) in [5.41, 5.74) is 2.50. The number of hydrogen-bond acceptors (Lipinski definition) is 3. The second-order valence-electron chi connectivity index (χ2n) is 6.24. The van der Waals surface area contributed by atoms with Crippen LogP contribution in [0.25, 0.3) is 10.9 Å². The number of benzene rings is 1. The van der Waals surface area contributed by atoms with Gasteiger partial charge in [0, 0.05) is 11.4 Å². The van der Waals surface area contributed by atoms with Crippen LogP contribution in [0.5, 0.6) is 0 Å². The first kappa shape index (κ1) is 13.4. The molecule has 4 heteroatoms. The molecule has 2 aromatic rings. The lowest BCUT2D eigenvalue weighted by Crippen LogP contribution is -2.41. The van der Waals surface area contributed by atoms with E-state index < -0.39 is 0 Å². The van der Waals surface area contributed by atoms with Crippen LogP contribution < -0.4 is 0 Å². The van der Waals surface area contributed by atoms with Gasteiger partial charge in [-0.1, -0.05) is 37.5 Å². The monoisotopic (exact) mass is 294 g/mol. The van der Waals surface area contributed by atoms with E-state index in [1.807, 2.05) is 31.2 Å². The lowest BCUT2D eigenvalue weighted by molar-refractivity contribution is 0.0549. The summed E-state index contributed by atoms with van der Waals surface area (Å²) in [6, 6.07) is 7.63. The van der Waals surface area contributed by atoms with Crippen molar-refractivity contribution < 1.29 is 9.59 Å². The van der Waals surface area contributed by atoms with E-state index in [-0.39, 0.29) is 17.9 Å². The molecule has 1 aromatic carbocycles. The van der Waals surface area contributed by atoms with Gasteiger partial charge >= 0.3 is 0 Å². The highest BCUT2D eigenvalue weighted by Crippen LogP contribution is 2.35. The summed E-state index contributed by atoms with van der Waals surface area (Å²) in [6.45, 7) is 1.82. The number of fused-ring (bicyclic) bond motifs is 3. The van der Waals surface area contributed by atoms with E-state index in [9.17, 15) is 9.59 Å². The van der Waals surface area contributed by atoms with E-state index in [1.54, 1.807) is 0 Å². The molecule has 4 nitrogen and oxygen atoms in total. The predicted molar refractivity (Wildman–Crippen MR) is 83.9 cm³/mol. The summed E-state index contributed by atoms with van der Waals surface area (Å²) in [7, 11) is 0. The maximum atomic E-state index is 12.9. The van der Waals surface area contributed by atoms with Crippen molar-refractivity contribution in [1.29, 1.82) is 0 Å². The van der Waals surface area contributed by atoms with Crippen molar-refractivity contribution in [1.82, 2.24) is 9.88 Å². The van der Waals surface area contributed by atoms with Crippen LogP contribution in [0.15, 0.2) is 24.3 Å². The molecule has 0 radical (unpaired) electrons. The molecule has 1 fully saturated rings. The predicted octanol–water partition coefficient (Wildman–Crippen LogP) is 3.47. The van der Waals surface area contributed by atoms with Crippen molar-refractivity contribution in [3.8, 4) is 0 Å². The summed E-state index contributed by atoms with van der Waals surface area (Å²) in [6.07, 6.45) is 5.24. The minimum absolute atomic E-state index is 0.0549. The van der Waals surface area contributed by atoms with Crippen molar-refractivity contribution in [2.24, 2.45) is 0 Å². The van der Waals surface area contributed by atoms with Gasteiger partial charge in [-0.15, -0.1) is 0 Å². The molecular formula is C18H18N2O2. The van der Waals surface area contributed by atoms with E-state index in [1.165, 1.54) is 11.3 Å². The van der Waals surface area contributed by atoms with E-state index in [4.69, 9.17) is 0 Å². The highest BCUT2D eigenvalue weighted by molar-refractivity contribution is 6.26. The molecule has 2 aliphatic rings. The molecule has 1 aliphatic carbocycles. The number of para-hydroxylation sites is 1. The first-order valence-corrected chi connectivity index (χ1v) is 7.95. The number of pyridine rings is 1. The third kappa shape index (κ3) is 1.79. The number of rotatable bonds is 1. The van der Waals surface area contributed by atoms with Crippen LogP contribution in [0.2, 0.25) is 0 Å². The first-order chi connectivity index (χ1) is 10.7. The molecule has 1 saturated carbocycles. The van der Waals surface area contributed by atoms with Crippen molar-refractivity contribution in [3.63, 3.8) is 0 Å². The largest absolute Gasteiger partial charge is 0.271 e. The summed E-state index contributed by atoms with van der Waals surface area (Å²) in [5, 5.41) is 0.791. The van der Waals surface area contributed by atoms with Crippen LogP contribution in [0, 0.1) is 6.92 Å². The Balaban J connectivity index is 1.89. The number of imide groups is 1. The third-order valence-electron chi connectivity index (χ3n) is 4.88. The van der Waals surface area contributed by atoms with Crippen molar-refractivity contribution in [2.75, 3.05) is 0 Å². The Bertz CT molecular complexity index is 791. The highest BCUT2D eigenvalue weighted by Gasteiger charge is 2.42. The number of nitrogens with zero attached hydrogens (tertiary/aromatic N) is 2. The molecule has 0 saturated heterocycles. The maximum absolute atomic E-state index is 12.9. The smallest absolute Gasteiger partial charge is 0.263 e. The van der Waals surface area contributed by atoms with Crippen molar-refractivity contribution in [3.05, 3.63) is 41.1 Å². The summed E-state index contributed by atoms with van der Waals surface area (Å²) < 4.78 is 0. The zero-order chi connectivity index (χ0) is 15.3. The SMILES string of the molecule is Cc1nc2ccccc2c2c1C(=O)N(C1CCCCC1)C2=O. The van der Waals surface area contributed by atoms with E-state index >= 15 is 0 Å². The molecular weight excluding hydrogens is 276 g/mol. The lowest BCUT2D eigenvalue weighted by Gasteiger charge is -2.29. The fourth-order valence-corrected chi connectivity index (χ4v) is 3.82. The molecule has 112 valence electrons. The molecule has 0 N–H and O–H groups in total. The Morgan fingerprint density at radius 2 is 1.68 bits per heavy atom. The Morgan fingerprint density at radius 3 is 2.45 bits per heavy atom. The quantitative estimate of drug-likeness (QED) is 0.757. The van der Waals surface area contributed by atoms with Gasteiger partial charge in [0.25, 0.3) is 11.8 Å². The summed E-state index contributed by atoms with van der Waals surface area (Å²) >= 11 is 0. The molecule has 22 heavy (non-hydrogen) atoms. The molecule has 0 bridgehead atoms. The van der Waals surface area contributed by atoms with Gasteiger partial charge in [-0.05, 0) is 25.8 Å². The fraction of sp³-hybridized carbons (Fsp3) is 0.389. The normalized spacial score (nSPS) is 19.0. The second-order valence-corrected chi connectivity index (χ2v) is 6.24. The molecule has 2 amide bonds. The third-order valence-corrected chi connectivity index (χ3v) is 4.88. The van der Waals surface area contributed by atoms with Crippen LogP contribution in [0.3, 0.4) is 0 Å². The van der Waals surface area contributed by atoms with Crippen LogP contribution in [0.4, 0.5) is 0 Å². The van der Waals surface area contributed by atoms with Gasteiger partial charge in [-0.3, -0.25) is 19.5 Å². The number of amides is 2. The number of aromatic nitrogens is 1. The number of aryl methyl sites for hydroxylation is 1. The Kier molecular flexibility index (Phi) is 2.99. The Labute approximate surface area is 129 Å². The molecule has 2 heterocycles. The zero-order valence-corrected chi connectivity index (χ0v) is 12.6. The highest BCUT2D eigenvalue weighted by atomic mass is 16.2. The van der Waals surface area contributed by atoms with E-state index in [0.29, 0.717) is 16.8 Å². The molecule has 4 rings (SSSR count). The Hall–Kier alpha value is -2.23. The molecule has 0 unspecified atom stereocenters. The molecule has 0 spiro atoms. The van der Waals surface area contributed by atoms with Gasteiger partial charge in [0.2, 0.25) is 0 Å². The van der Waals surface area contributed by atoms with Crippen molar-refractivity contribution in [2.45, 2.75) is 45.1 Å². The molecule has 0 atom stereocenters. The van der Waals surface area contributed by atoms with E-state index in [2.05, 4.69) is 4.98 Å². The minimum Gasteiger partial charge on any atom is -0.271 e. The van der Waals surface area contributed by atoms with Gasteiger partial charge in [-0.25, -0.2) is 0 Å². The molecule has 1 aliphatic heterocycles. The van der Waals surface area contributed by atoms with E-state index in [0.717, 1.165) is 36.6 Å². The maximum Gasteiger partial charge on any atom is 0.263 e.